The number of rotatable bonds is 7. The summed E-state index contributed by atoms with van der Waals surface area (Å²) in [6, 6.07) is 20.0. The first-order valence-electron chi connectivity index (χ1n) is 9.30. The van der Waals surface area contributed by atoms with Gasteiger partial charge in [-0.05, 0) is 55.3 Å². The van der Waals surface area contributed by atoms with Gasteiger partial charge >= 0.3 is 0 Å². The first kappa shape index (κ1) is 21.4. The van der Waals surface area contributed by atoms with Crippen molar-refractivity contribution in [3.05, 3.63) is 83.9 Å². The molecule has 0 unspecified atom stereocenters. The standard InChI is InChI=1S/C23H23NO5S/c1-17-12-13-18(2)22(14-17)24(30(26,27)21-10-5-4-6-11-21)23(25)16-29-20-9-7-8-19(15-20)28-3/h4-15H,16H2,1-3H3. The van der Waals surface area contributed by atoms with Crippen molar-refractivity contribution in [2.45, 2.75) is 18.7 Å². The number of hydrogen-bond donors (Lipinski definition) is 0. The summed E-state index contributed by atoms with van der Waals surface area (Å²) in [7, 11) is -2.60. The Morgan fingerprint density at radius 2 is 1.60 bits per heavy atom. The molecule has 0 aliphatic rings. The summed E-state index contributed by atoms with van der Waals surface area (Å²) in [6.07, 6.45) is 0. The Morgan fingerprint density at radius 3 is 2.30 bits per heavy atom. The maximum Gasteiger partial charge on any atom is 0.278 e. The normalized spacial score (nSPS) is 11.0. The van der Waals surface area contributed by atoms with Crippen LogP contribution in [0.1, 0.15) is 11.1 Å². The van der Waals surface area contributed by atoms with Crippen molar-refractivity contribution in [3.8, 4) is 11.5 Å². The molecule has 0 aliphatic heterocycles. The molecule has 1 amide bonds. The number of aryl methyl sites for hydroxylation is 2. The summed E-state index contributed by atoms with van der Waals surface area (Å²) in [5.74, 6) is 0.277. The fourth-order valence-corrected chi connectivity index (χ4v) is 4.42. The molecule has 0 bridgehead atoms. The van der Waals surface area contributed by atoms with Gasteiger partial charge in [0.1, 0.15) is 11.5 Å². The molecule has 0 heterocycles. The average molecular weight is 426 g/mol. The van der Waals surface area contributed by atoms with E-state index in [9.17, 15) is 13.2 Å². The molecule has 3 aromatic rings. The molecule has 156 valence electrons. The second kappa shape index (κ2) is 9.00. The molecule has 0 atom stereocenters. The van der Waals surface area contributed by atoms with Gasteiger partial charge in [0.15, 0.2) is 6.61 Å². The summed E-state index contributed by atoms with van der Waals surface area (Å²) >= 11 is 0. The third kappa shape index (κ3) is 4.63. The average Bonchev–Trinajstić information content (AvgIpc) is 2.75. The Bertz CT molecular complexity index is 1140. The molecule has 7 heteroatoms. The van der Waals surface area contributed by atoms with Gasteiger partial charge in [0.25, 0.3) is 15.9 Å². The van der Waals surface area contributed by atoms with Gasteiger partial charge in [-0.2, -0.15) is 4.31 Å². The number of anilines is 1. The van der Waals surface area contributed by atoms with Crippen LogP contribution in [-0.4, -0.2) is 28.0 Å². The van der Waals surface area contributed by atoms with Crippen molar-refractivity contribution in [2.24, 2.45) is 0 Å². The Labute approximate surface area is 176 Å². The maximum atomic E-state index is 13.4. The van der Waals surface area contributed by atoms with E-state index < -0.39 is 22.5 Å². The number of hydrogen-bond acceptors (Lipinski definition) is 5. The lowest BCUT2D eigenvalue weighted by Gasteiger charge is -2.24. The van der Waals surface area contributed by atoms with E-state index in [-0.39, 0.29) is 4.90 Å². The fraction of sp³-hybridized carbons (Fsp3) is 0.174. The van der Waals surface area contributed by atoms with E-state index in [0.29, 0.717) is 22.7 Å². The van der Waals surface area contributed by atoms with E-state index in [1.165, 1.54) is 19.2 Å². The van der Waals surface area contributed by atoms with Gasteiger partial charge in [-0.25, -0.2) is 8.42 Å². The Hall–Kier alpha value is -3.32. The monoisotopic (exact) mass is 425 g/mol. The van der Waals surface area contributed by atoms with E-state index >= 15 is 0 Å². The van der Waals surface area contributed by atoms with E-state index in [1.54, 1.807) is 61.5 Å². The van der Waals surface area contributed by atoms with Crippen molar-refractivity contribution in [2.75, 3.05) is 18.0 Å². The lowest BCUT2D eigenvalue weighted by Crippen LogP contribution is -2.40. The SMILES string of the molecule is COc1cccc(OCC(=O)N(c2cc(C)ccc2C)S(=O)(=O)c2ccccc2)c1. The first-order chi connectivity index (χ1) is 14.3. The van der Waals surface area contributed by atoms with Crippen molar-refractivity contribution in [3.63, 3.8) is 0 Å². The zero-order chi connectivity index (χ0) is 21.7. The van der Waals surface area contributed by atoms with Gasteiger partial charge < -0.3 is 9.47 Å². The Kier molecular flexibility index (Phi) is 6.42. The highest BCUT2D eigenvalue weighted by atomic mass is 32.2. The summed E-state index contributed by atoms with van der Waals surface area (Å²) in [5.41, 5.74) is 1.80. The molecule has 0 fully saturated rings. The van der Waals surface area contributed by atoms with Crippen LogP contribution in [0.5, 0.6) is 11.5 Å². The number of carbonyl (C=O) groups excluding carboxylic acids is 1. The van der Waals surface area contributed by atoms with Crippen LogP contribution in [0.3, 0.4) is 0 Å². The molecule has 3 rings (SSSR count). The predicted molar refractivity (Wildman–Crippen MR) is 116 cm³/mol. The van der Waals surface area contributed by atoms with Gasteiger partial charge in [0, 0.05) is 6.07 Å². The molecule has 0 N–H and O–H groups in total. The third-order valence-electron chi connectivity index (χ3n) is 4.49. The minimum atomic E-state index is -4.13. The largest absolute Gasteiger partial charge is 0.497 e. The highest BCUT2D eigenvalue weighted by molar-refractivity contribution is 7.93. The highest BCUT2D eigenvalue weighted by Gasteiger charge is 2.32. The van der Waals surface area contributed by atoms with Gasteiger partial charge in [-0.1, -0.05) is 36.4 Å². The summed E-state index contributed by atoms with van der Waals surface area (Å²) in [4.78, 5) is 13.2. The van der Waals surface area contributed by atoms with E-state index in [0.717, 1.165) is 9.87 Å². The Balaban J connectivity index is 1.98. The smallest absolute Gasteiger partial charge is 0.278 e. The van der Waals surface area contributed by atoms with Crippen molar-refractivity contribution >= 4 is 21.6 Å². The summed E-state index contributed by atoms with van der Waals surface area (Å²) in [5, 5.41) is 0. The summed E-state index contributed by atoms with van der Waals surface area (Å²) in [6.45, 7) is 3.15. The number of benzene rings is 3. The number of ether oxygens (including phenoxy) is 2. The second-order valence-corrected chi connectivity index (χ2v) is 8.52. The minimum absolute atomic E-state index is 0.0284. The van der Waals surface area contributed by atoms with Crippen LogP contribution in [0, 0.1) is 13.8 Å². The molecule has 0 saturated heterocycles. The first-order valence-corrected chi connectivity index (χ1v) is 10.7. The third-order valence-corrected chi connectivity index (χ3v) is 6.24. The second-order valence-electron chi connectivity index (χ2n) is 6.73. The van der Waals surface area contributed by atoms with Crippen LogP contribution in [0.4, 0.5) is 5.69 Å². The highest BCUT2D eigenvalue weighted by Crippen LogP contribution is 2.28. The van der Waals surface area contributed by atoms with E-state index in [2.05, 4.69) is 0 Å². The van der Waals surface area contributed by atoms with Crippen LogP contribution in [0.2, 0.25) is 0 Å². The maximum absolute atomic E-state index is 13.4. The molecule has 30 heavy (non-hydrogen) atoms. The molecule has 0 spiro atoms. The molecule has 0 aromatic heterocycles. The van der Waals surface area contributed by atoms with Crippen LogP contribution < -0.4 is 13.8 Å². The van der Waals surface area contributed by atoms with Gasteiger partial charge in [-0.15, -0.1) is 0 Å². The Morgan fingerprint density at radius 1 is 0.900 bits per heavy atom. The molecular weight excluding hydrogens is 402 g/mol. The topological polar surface area (TPSA) is 72.9 Å². The fourth-order valence-electron chi connectivity index (χ4n) is 2.93. The molecule has 3 aromatic carbocycles. The predicted octanol–water partition coefficient (Wildman–Crippen LogP) is 4.11. The number of methoxy groups -OCH3 is 1. The zero-order valence-electron chi connectivity index (χ0n) is 17.0. The molecule has 0 saturated carbocycles. The number of carbonyl (C=O) groups is 1. The zero-order valence-corrected chi connectivity index (χ0v) is 17.8. The van der Waals surface area contributed by atoms with Gasteiger partial charge in [-0.3, -0.25) is 4.79 Å². The van der Waals surface area contributed by atoms with E-state index in [4.69, 9.17) is 9.47 Å². The van der Waals surface area contributed by atoms with Crippen LogP contribution in [-0.2, 0) is 14.8 Å². The molecule has 6 nitrogen and oxygen atoms in total. The van der Waals surface area contributed by atoms with Gasteiger partial charge in [0.05, 0.1) is 17.7 Å². The van der Waals surface area contributed by atoms with Crippen molar-refractivity contribution in [1.82, 2.24) is 0 Å². The lowest BCUT2D eigenvalue weighted by atomic mass is 10.1. The minimum Gasteiger partial charge on any atom is -0.497 e. The molecular formula is C23H23NO5S. The molecule has 0 aliphatic carbocycles. The number of nitrogens with zero attached hydrogens (tertiary/aromatic N) is 1. The number of amides is 1. The van der Waals surface area contributed by atoms with Crippen molar-refractivity contribution in [1.29, 1.82) is 0 Å². The van der Waals surface area contributed by atoms with Gasteiger partial charge in [0.2, 0.25) is 0 Å². The molecule has 0 radical (unpaired) electrons. The van der Waals surface area contributed by atoms with Crippen LogP contribution in [0.15, 0.2) is 77.7 Å². The lowest BCUT2D eigenvalue weighted by molar-refractivity contribution is -0.119. The van der Waals surface area contributed by atoms with Crippen LogP contribution >= 0.6 is 0 Å². The van der Waals surface area contributed by atoms with Crippen molar-refractivity contribution < 1.29 is 22.7 Å². The van der Waals surface area contributed by atoms with Crippen LogP contribution in [0.25, 0.3) is 0 Å². The quantitative estimate of drug-likeness (QED) is 0.570. The number of sulfonamides is 1. The summed E-state index contributed by atoms with van der Waals surface area (Å²) < 4.78 is 38.3. The van der Waals surface area contributed by atoms with E-state index in [1.807, 2.05) is 13.0 Å².